The van der Waals surface area contributed by atoms with Crippen LogP contribution in [-0.4, -0.2) is 6.61 Å². The summed E-state index contributed by atoms with van der Waals surface area (Å²) >= 11 is 0. The molecule has 0 saturated carbocycles. The van der Waals surface area contributed by atoms with Crippen molar-refractivity contribution in [2.75, 3.05) is 6.61 Å². The van der Waals surface area contributed by atoms with Gasteiger partial charge in [-0.25, -0.2) is 4.39 Å². The molecule has 0 radical (unpaired) electrons. The van der Waals surface area contributed by atoms with E-state index in [0.717, 1.165) is 6.42 Å². The summed E-state index contributed by atoms with van der Waals surface area (Å²) in [5, 5.41) is 0. The van der Waals surface area contributed by atoms with Crippen LogP contribution in [0.15, 0.2) is 18.2 Å². The van der Waals surface area contributed by atoms with Crippen LogP contribution in [0.4, 0.5) is 4.39 Å². The van der Waals surface area contributed by atoms with Crippen molar-refractivity contribution in [3.05, 3.63) is 29.6 Å². The molecule has 0 unspecified atom stereocenters. The zero-order valence-corrected chi connectivity index (χ0v) is 8.22. The maximum absolute atomic E-state index is 12.9. The molecule has 0 aliphatic rings. The van der Waals surface area contributed by atoms with Crippen molar-refractivity contribution in [3.63, 3.8) is 0 Å². The van der Waals surface area contributed by atoms with E-state index in [1.54, 1.807) is 19.1 Å². The van der Waals surface area contributed by atoms with Crippen LogP contribution < -0.4 is 4.74 Å². The molecule has 1 nitrogen and oxygen atoms in total. The van der Waals surface area contributed by atoms with E-state index in [-0.39, 0.29) is 5.82 Å². The van der Waals surface area contributed by atoms with Gasteiger partial charge in [0.2, 0.25) is 0 Å². The molecule has 0 aliphatic heterocycles. The third-order valence-corrected chi connectivity index (χ3v) is 1.86. The van der Waals surface area contributed by atoms with Gasteiger partial charge >= 0.3 is 0 Å². The topological polar surface area (TPSA) is 9.23 Å². The van der Waals surface area contributed by atoms with Crippen LogP contribution in [0.1, 0.15) is 18.4 Å². The fraction of sp³-hybridized carbons (Fsp3) is 0.333. The average molecular weight is 192 g/mol. The van der Waals surface area contributed by atoms with Gasteiger partial charge in [-0.3, -0.25) is 0 Å². The molecule has 1 aromatic rings. The molecule has 0 heterocycles. The fourth-order valence-corrected chi connectivity index (χ4v) is 1.07. The second-order valence-electron chi connectivity index (χ2n) is 3.07. The van der Waals surface area contributed by atoms with E-state index < -0.39 is 0 Å². The lowest BCUT2D eigenvalue weighted by Crippen LogP contribution is -1.97. The van der Waals surface area contributed by atoms with Gasteiger partial charge in [0, 0.05) is 6.42 Å². The minimum Gasteiger partial charge on any atom is -0.494 e. The number of benzene rings is 1. The van der Waals surface area contributed by atoms with Gasteiger partial charge in [0.1, 0.15) is 11.6 Å². The number of unbranched alkanes of at least 4 members (excludes halogenated alkanes) is 1. The molecule has 0 saturated heterocycles. The number of hydrogen-bond acceptors (Lipinski definition) is 1. The second-order valence-corrected chi connectivity index (χ2v) is 3.07. The smallest absolute Gasteiger partial charge is 0.126 e. The number of halogens is 1. The minimum atomic E-state index is -0.207. The maximum atomic E-state index is 12.9. The van der Waals surface area contributed by atoms with Gasteiger partial charge in [0.05, 0.1) is 6.61 Å². The summed E-state index contributed by atoms with van der Waals surface area (Å²) in [4.78, 5) is 0. The van der Waals surface area contributed by atoms with Crippen molar-refractivity contribution in [1.82, 2.24) is 0 Å². The number of rotatable bonds is 4. The van der Waals surface area contributed by atoms with Gasteiger partial charge in [-0.1, -0.05) is 0 Å². The maximum Gasteiger partial charge on any atom is 0.126 e. The summed E-state index contributed by atoms with van der Waals surface area (Å²) in [6.07, 6.45) is 6.63. The molecule has 0 aliphatic carbocycles. The van der Waals surface area contributed by atoms with Crippen LogP contribution in [0.2, 0.25) is 0 Å². The van der Waals surface area contributed by atoms with Crippen LogP contribution in [0.3, 0.4) is 0 Å². The molecule has 14 heavy (non-hydrogen) atoms. The number of terminal acetylenes is 1. The van der Waals surface area contributed by atoms with E-state index in [1.165, 1.54) is 6.07 Å². The Morgan fingerprint density at radius 3 is 2.93 bits per heavy atom. The van der Waals surface area contributed by atoms with E-state index in [9.17, 15) is 4.39 Å². The highest BCUT2D eigenvalue weighted by Gasteiger charge is 1.98. The van der Waals surface area contributed by atoms with Crippen LogP contribution >= 0.6 is 0 Å². The van der Waals surface area contributed by atoms with Crippen molar-refractivity contribution >= 4 is 0 Å². The molecule has 0 fully saturated rings. The normalized spacial score (nSPS) is 9.50. The van der Waals surface area contributed by atoms with E-state index in [0.29, 0.717) is 24.3 Å². The molecule has 0 atom stereocenters. The van der Waals surface area contributed by atoms with E-state index >= 15 is 0 Å². The molecule has 0 aromatic heterocycles. The Morgan fingerprint density at radius 1 is 1.50 bits per heavy atom. The monoisotopic (exact) mass is 192 g/mol. The Hall–Kier alpha value is -1.49. The van der Waals surface area contributed by atoms with Crippen molar-refractivity contribution < 1.29 is 9.13 Å². The first-order valence-corrected chi connectivity index (χ1v) is 4.56. The average Bonchev–Trinajstić information content (AvgIpc) is 2.18. The lowest BCUT2D eigenvalue weighted by molar-refractivity contribution is 0.312. The van der Waals surface area contributed by atoms with Gasteiger partial charge in [0.25, 0.3) is 0 Å². The van der Waals surface area contributed by atoms with Crippen LogP contribution in [0.5, 0.6) is 5.75 Å². The molecule has 1 rings (SSSR count). The van der Waals surface area contributed by atoms with Crippen molar-refractivity contribution in [1.29, 1.82) is 0 Å². The fourth-order valence-electron chi connectivity index (χ4n) is 1.07. The third-order valence-electron chi connectivity index (χ3n) is 1.86. The molecule has 0 amide bonds. The Kier molecular flexibility index (Phi) is 4.00. The predicted molar refractivity (Wildman–Crippen MR) is 54.7 cm³/mol. The highest BCUT2D eigenvalue weighted by Crippen LogP contribution is 2.15. The van der Waals surface area contributed by atoms with Gasteiger partial charge in [-0.2, -0.15) is 0 Å². The molecular formula is C12H13FO. The number of aryl methyl sites for hydroxylation is 1. The molecule has 1 aromatic carbocycles. The largest absolute Gasteiger partial charge is 0.494 e. The highest BCUT2D eigenvalue weighted by atomic mass is 19.1. The summed E-state index contributed by atoms with van der Waals surface area (Å²) < 4.78 is 18.2. The first-order chi connectivity index (χ1) is 6.74. The quantitative estimate of drug-likeness (QED) is 0.526. The SMILES string of the molecule is C#CCCCOc1ccc(F)c(C)c1. The second kappa shape index (κ2) is 5.29. The van der Waals surface area contributed by atoms with Crippen molar-refractivity contribution in [3.8, 4) is 18.1 Å². The molecular weight excluding hydrogens is 179 g/mol. The summed E-state index contributed by atoms with van der Waals surface area (Å²) in [5.74, 6) is 3.02. The zero-order chi connectivity index (χ0) is 10.4. The predicted octanol–water partition coefficient (Wildman–Crippen LogP) is 2.93. The lowest BCUT2D eigenvalue weighted by atomic mass is 10.2. The summed E-state index contributed by atoms with van der Waals surface area (Å²) in [6.45, 7) is 2.29. The van der Waals surface area contributed by atoms with Crippen LogP contribution in [-0.2, 0) is 0 Å². The molecule has 74 valence electrons. The minimum absolute atomic E-state index is 0.207. The Balaban J connectivity index is 2.44. The van der Waals surface area contributed by atoms with Gasteiger partial charge in [-0.15, -0.1) is 12.3 Å². The van der Waals surface area contributed by atoms with Gasteiger partial charge < -0.3 is 4.74 Å². The molecule has 0 bridgehead atoms. The standard InChI is InChI=1S/C12H13FO/c1-3-4-5-8-14-11-6-7-12(13)10(2)9-11/h1,6-7,9H,4-5,8H2,2H3. The van der Waals surface area contributed by atoms with E-state index in [1.807, 2.05) is 0 Å². The van der Waals surface area contributed by atoms with Gasteiger partial charge in [0.15, 0.2) is 0 Å². The third kappa shape index (κ3) is 3.10. The highest BCUT2D eigenvalue weighted by molar-refractivity contribution is 5.28. The summed E-state index contributed by atoms with van der Waals surface area (Å²) in [7, 11) is 0. The Labute approximate surface area is 83.9 Å². The van der Waals surface area contributed by atoms with Crippen molar-refractivity contribution in [2.45, 2.75) is 19.8 Å². The number of hydrogen-bond donors (Lipinski definition) is 0. The van der Waals surface area contributed by atoms with Gasteiger partial charge in [-0.05, 0) is 37.1 Å². The Bertz CT molecular complexity index is 339. The molecule has 2 heteroatoms. The molecule has 0 N–H and O–H groups in total. The van der Waals surface area contributed by atoms with E-state index in [2.05, 4.69) is 5.92 Å². The summed E-state index contributed by atoms with van der Waals surface area (Å²) in [6, 6.07) is 4.72. The number of ether oxygens (including phenoxy) is 1. The first kappa shape index (κ1) is 10.6. The lowest BCUT2D eigenvalue weighted by Gasteiger charge is -2.05. The van der Waals surface area contributed by atoms with Crippen LogP contribution in [0, 0.1) is 25.1 Å². The first-order valence-electron chi connectivity index (χ1n) is 4.56. The summed E-state index contributed by atoms with van der Waals surface area (Å²) in [5.41, 5.74) is 0.597. The molecule has 0 spiro atoms. The Morgan fingerprint density at radius 2 is 2.29 bits per heavy atom. The van der Waals surface area contributed by atoms with Crippen molar-refractivity contribution in [2.24, 2.45) is 0 Å². The van der Waals surface area contributed by atoms with E-state index in [4.69, 9.17) is 11.2 Å². The van der Waals surface area contributed by atoms with Crippen LogP contribution in [0.25, 0.3) is 0 Å². The zero-order valence-electron chi connectivity index (χ0n) is 8.22.